The van der Waals surface area contributed by atoms with Crippen LogP contribution in [0.1, 0.15) is 5.56 Å². The van der Waals surface area contributed by atoms with Crippen molar-refractivity contribution in [3.8, 4) is 0 Å². The molecule has 0 aliphatic heterocycles. The Bertz CT molecular complexity index is 295. The van der Waals surface area contributed by atoms with Crippen molar-refractivity contribution < 1.29 is 14.6 Å². The first-order valence-electron chi connectivity index (χ1n) is 3.86. The van der Waals surface area contributed by atoms with E-state index in [0.29, 0.717) is 6.42 Å². The molecule has 5 nitrogen and oxygen atoms in total. The van der Waals surface area contributed by atoms with Gasteiger partial charge in [-0.25, -0.2) is 4.79 Å². The van der Waals surface area contributed by atoms with Crippen molar-refractivity contribution in [3.05, 3.63) is 18.0 Å². The lowest BCUT2D eigenvalue weighted by molar-refractivity contribution is -0.148. The molecular weight excluding hydrogens is 172 g/mol. The van der Waals surface area contributed by atoms with Crippen LogP contribution in [0.2, 0.25) is 0 Å². The molecule has 0 aliphatic carbocycles. The van der Waals surface area contributed by atoms with E-state index in [0.717, 1.165) is 5.56 Å². The number of carboxylic acids is 1. The van der Waals surface area contributed by atoms with Crippen molar-refractivity contribution in [1.82, 2.24) is 9.78 Å². The summed E-state index contributed by atoms with van der Waals surface area (Å²) in [6.45, 7) is 0. The third-order valence-electron chi connectivity index (χ3n) is 1.74. The van der Waals surface area contributed by atoms with Crippen molar-refractivity contribution >= 4 is 5.97 Å². The van der Waals surface area contributed by atoms with E-state index < -0.39 is 12.1 Å². The Morgan fingerprint density at radius 1 is 1.85 bits per heavy atom. The number of rotatable bonds is 4. The second-order valence-corrected chi connectivity index (χ2v) is 2.79. The first kappa shape index (κ1) is 9.73. The van der Waals surface area contributed by atoms with Gasteiger partial charge in [-0.05, 0) is 5.56 Å². The zero-order chi connectivity index (χ0) is 9.84. The lowest BCUT2D eigenvalue weighted by atomic mass is 10.1. The number of aromatic nitrogens is 2. The standard InChI is InChI=1S/C8H12N2O3/c1-10-5-6(4-9-10)3-7(13-2)8(11)12/h4-5,7H,3H2,1-2H3,(H,11,12). The van der Waals surface area contributed by atoms with Crippen LogP contribution in [-0.2, 0) is 23.0 Å². The van der Waals surface area contributed by atoms with Crippen LogP contribution in [0.15, 0.2) is 12.4 Å². The van der Waals surface area contributed by atoms with Gasteiger partial charge in [0.25, 0.3) is 0 Å². The average Bonchev–Trinajstić information content (AvgIpc) is 2.46. The maximum atomic E-state index is 10.6. The maximum absolute atomic E-state index is 10.6. The third kappa shape index (κ3) is 2.55. The summed E-state index contributed by atoms with van der Waals surface area (Å²) in [6.07, 6.45) is 2.97. The fourth-order valence-electron chi connectivity index (χ4n) is 1.06. The van der Waals surface area contributed by atoms with E-state index in [4.69, 9.17) is 9.84 Å². The third-order valence-corrected chi connectivity index (χ3v) is 1.74. The largest absolute Gasteiger partial charge is 0.479 e. The Hall–Kier alpha value is -1.36. The first-order chi connectivity index (χ1) is 6.13. The molecule has 5 heteroatoms. The molecule has 13 heavy (non-hydrogen) atoms. The number of ether oxygens (including phenoxy) is 1. The van der Waals surface area contributed by atoms with Crippen molar-refractivity contribution in [2.75, 3.05) is 7.11 Å². The predicted octanol–water partition coefficient (Wildman–Crippen LogP) is 0.0622. The van der Waals surface area contributed by atoms with Crippen molar-refractivity contribution in [2.45, 2.75) is 12.5 Å². The lowest BCUT2D eigenvalue weighted by Crippen LogP contribution is -2.24. The first-order valence-corrected chi connectivity index (χ1v) is 3.86. The summed E-state index contributed by atoms with van der Waals surface area (Å²) in [5.74, 6) is -0.952. The van der Waals surface area contributed by atoms with Gasteiger partial charge < -0.3 is 9.84 Å². The lowest BCUT2D eigenvalue weighted by Gasteiger charge is -2.07. The molecule has 1 unspecified atom stereocenters. The maximum Gasteiger partial charge on any atom is 0.333 e. The highest BCUT2D eigenvalue weighted by Crippen LogP contribution is 2.04. The number of nitrogens with zero attached hydrogens (tertiary/aromatic N) is 2. The monoisotopic (exact) mass is 184 g/mol. The molecule has 1 aromatic rings. The Kier molecular flexibility index (Phi) is 3.02. The van der Waals surface area contributed by atoms with Crippen LogP contribution in [0.4, 0.5) is 0 Å². The van der Waals surface area contributed by atoms with E-state index in [2.05, 4.69) is 5.10 Å². The summed E-state index contributed by atoms with van der Waals surface area (Å²) in [6, 6.07) is 0. The molecule has 1 N–H and O–H groups in total. The van der Waals surface area contributed by atoms with E-state index in [1.54, 1.807) is 24.1 Å². The zero-order valence-corrected chi connectivity index (χ0v) is 7.60. The van der Waals surface area contributed by atoms with Gasteiger partial charge in [0.1, 0.15) is 0 Å². The second-order valence-electron chi connectivity index (χ2n) is 2.79. The molecule has 72 valence electrons. The number of aryl methyl sites for hydroxylation is 1. The molecule has 0 spiro atoms. The zero-order valence-electron chi connectivity index (χ0n) is 7.60. The number of hydrogen-bond acceptors (Lipinski definition) is 3. The summed E-state index contributed by atoms with van der Waals surface area (Å²) in [5, 5.41) is 12.6. The van der Waals surface area contributed by atoms with Crippen LogP contribution in [0.25, 0.3) is 0 Å². The molecule has 0 aliphatic rings. The molecule has 0 aromatic carbocycles. The van der Waals surface area contributed by atoms with Gasteiger partial charge in [0.2, 0.25) is 0 Å². The molecule has 0 radical (unpaired) electrons. The predicted molar refractivity (Wildman–Crippen MR) is 45.3 cm³/mol. The molecule has 0 fully saturated rings. The number of hydrogen-bond donors (Lipinski definition) is 1. The van der Waals surface area contributed by atoms with E-state index in [-0.39, 0.29) is 0 Å². The molecule has 0 saturated heterocycles. The van der Waals surface area contributed by atoms with Gasteiger partial charge in [-0.3, -0.25) is 4.68 Å². The summed E-state index contributed by atoms with van der Waals surface area (Å²) in [5.41, 5.74) is 0.858. The number of carbonyl (C=O) groups is 1. The minimum atomic E-state index is -0.952. The summed E-state index contributed by atoms with van der Waals surface area (Å²) < 4.78 is 6.42. The van der Waals surface area contributed by atoms with Crippen LogP contribution >= 0.6 is 0 Å². The van der Waals surface area contributed by atoms with Gasteiger partial charge in [-0.1, -0.05) is 0 Å². The van der Waals surface area contributed by atoms with Crippen molar-refractivity contribution in [2.24, 2.45) is 7.05 Å². The van der Waals surface area contributed by atoms with Crippen LogP contribution in [0.5, 0.6) is 0 Å². The Morgan fingerprint density at radius 3 is 2.92 bits per heavy atom. The summed E-state index contributed by atoms with van der Waals surface area (Å²) in [7, 11) is 3.17. The van der Waals surface area contributed by atoms with E-state index in [9.17, 15) is 4.79 Å². The minimum absolute atomic E-state index is 0.347. The van der Waals surface area contributed by atoms with Gasteiger partial charge in [-0.15, -0.1) is 0 Å². The molecule has 0 saturated carbocycles. The summed E-state index contributed by atoms with van der Waals surface area (Å²) >= 11 is 0. The summed E-state index contributed by atoms with van der Waals surface area (Å²) in [4.78, 5) is 10.6. The van der Waals surface area contributed by atoms with Crippen LogP contribution in [0, 0.1) is 0 Å². The normalized spacial score (nSPS) is 12.8. The number of carboxylic acid groups (broad SMARTS) is 1. The van der Waals surface area contributed by atoms with Gasteiger partial charge in [0, 0.05) is 26.8 Å². The highest BCUT2D eigenvalue weighted by atomic mass is 16.5. The van der Waals surface area contributed by atoms with Crippen LogP contribution in [-0.4, -0.2) is 34.1 Å². The second kappa shape index (κ2) is 4.04. The molecule has 1 heterocycles. The van der Waals surface area contributed by atoms with Crippen molar-refractivity contribution in [1.29, 1.82) is 0 Å². The van der Waals surface area contributed by atoms with Gasteiger partial charge >= 0.3 is 5.97 Å². The van der Waals surface area contributed by atoms with Crippen molar-refractivity contribution in [3.63, 3.8) is 0 Å². The van der Waals surface area contributed by atoms with Gasteiger partial charge in [0.05, 0.1) is 6.20 Å². The molecule has 0 amide bonds. The SMILES string of the molecule is COC(Cc1cnn(C)c1)C(=O)O. The quantitative estimate of drug-likeness (QED) is 0.718. The van der Waals surface area contributed by atoms with Crippen LogP contribution < -0.4 is 0 Å². The molecule has 1 atom stereocenters. The Balaban J connectivity index is 2.61. The number of methoxy groups -OCH3 is 1. The Morgan fingerprint density at radius 2 is 2.54 bits per heavy atom. The van der Waals surface area contributed by atoms with E-state index in [1.807, 2.05) is 0 Å². The van der Waals surface area contributed by atoms with Gasteiger partial charge in [-0.2, -0.15) is 5.10 Å². The highest BCUT2D eigenvalue weighted by Gasteiger charge is 2.17. The molecular formula is C8H12N2O3. The topological polar surface area (TPSA) is 64.4 Å². The van der Waals surface area contributed by atoms with Crippen LogP contribution in [0.3, 0.4) is 0 Å². The van der Waals surface area contributed by atoms with Gasteiger partial charge in [0.15, 0.2) is 6.10 Å². The molecule has 1 rings (SSSR count). The fourth-order valence-corrected chi connectivity index (χ4v) is 1.06. The van der Waals surface area contributed by atoms with E-state index >= 15 is 0 Å². The average molecular weight is 184 g/mol. The molecule has 0 bridgehead atoms. The van der Waals surface area contributed by atoms with E-state index in [1.165, 1.54) is 7.11 Å². The Labute approximate surface area is 75.9 Å². The number of aliphatic carboxylic acids is 1. The smallest absolute Gasteiger partial charge is 0.333 e. The minimum Gasteiger partial charge on any atom is -0.479 e. The fraction of sp³-hybridized carbons (Fsp3) is 0.500. The molecule has 1 aromatic heterocycles. The highest BCUT2D eigenvalue weighted by molar-refractivity contribution is 5.72.